The highest BCUT2D eigenvalue weighted by Gasteiger charge is 2.46. The number of nitrogens with zero attached hydrogens (tertiary/aromatic N) is 1. The second kappa shape index (κ2) is 9.54. The maximum absolute atomic E-state index is 13.6. The Morgan fingerprint density at radius 1 is 0.879 bits per heavy atom. The first-order valence-corrected chi connectivity index (χ1v) is 12.0. The van der Waals surface area contributed by atoms with Gasteiger partial charge in [-0.05, 0) is 85.3 Å². The van der Waals surface area contributed by atoms with Gasteiger partial charge in [0.1, 0.15) is 17.7 Å². The summed E-state index contributed by atoms with van der Waals surface area (Å²) < 4.78 is 33.8. The average Bonchev–Trinajstić information content (AvgIpc) is 3.06. The lowest BCUT2D eigenvalue weighted by Gasteiger charge is -2.43. The molecule has 0 radical (unpaired) electrons. The topological polar surface area (TPSA) is 12.5 Å². The molecule has 5 rings (SSSR count). The number of hydrogen-bond donors (Lipinski definition) is 0. The zero-order valence-electron chi connectivity index (χ0n) is 18.6. The van der Waals surface area contributed by atoms with Gasteiger partial charge in [0.2, 0.25) is 0 Å². The first-order chi connectivity index (χ1) is 16.0. The molecule has 2 aliphatic rings. The van der Waals surface area contributed by atoms with Crippen molar-refractivity contribution in [2.45, 2.75) is 43.4 Å². The molecule has 0 amide bonds. The fraction of sp³-hybridized carbons (Fsp3) is 0.357. The van der Waals surface area contributed by atoms with Crippen LogP contribution >= 0.6 is 11.6 Å². The lowest BCUT2D eigenvalue weighted by Crippen LogP contribution is -2.47. The second-order valence-corrected chi connectivity index (χ2v) is 9.77. The maximum Gasteiger partial charge on any atom is 0.123 e. The molecule has 2 fully saturated rings. The lowest BCUT2D eigenvalue weighted by molar-refractivity contribution is -0.00339. The normalized spacial score (nSPS) is 25.0. The maximum atomic E-state index is 13.6. The van der Waals surface area contributed by atoms with Crippen LogP contribution in [0.3, 0.4) is 0 Å². The van der Waals surface area contributed by atoms with Crippen LogP contribution < -0.4 is 0 Å². The van der Waals surface area contributed by atoms with Crippen LogP contribution in [0.1, 0.15) is 48.0 Å². The third-order valence-electron chi connectivity index (χ3n) is 7.53. The van der Waals surface area contributed by atoms with Gasteiger partial charge in [-0.1, -0.05) is 48.0 Å². The Balaban J connectivity index is 1.44. The minimum atomic E-state index is -0.387. The third-order valence-corrected chi connectivity index (χ3v) is 7.78. The van der Waals surface area contributed by atoms with Crippen LogP contribution in [0.5, 0.6) is 0 Å². The number of rotatable bonds is 6. The summed E-state index contributed by atoms with van der Waals surface area (Å²) >= 11 is 6.15. The molecular formula is C28H28ClF2NO. The third kappa shape index (κ3) is 4.70. The fourth-order valence-corrected chi connectivity index (χ4v) is 5.89. The predicted molar refractivity (Wildman–Crippen MR) is 127 cm³/mol. The molecule has 3 aromatic carbocycles. The van der Waals surface area contributed by atoms with E-state index in [2.05, 4.69) is 24.1 Å². The largest absolute Gasteiger partial charge is 0.368 e. The molecule has 0 N–H and O–H groups in total. The van der Waals surface area contributed by atoms with Crippen molar-refractivity contribution >= 4 is 11.6 Å². The van der Waals surface area contributed by atoms with Crippen LogP contribution in [0.25, 0.3) is 0 Å². The zero-order chi connectivity index (χ0) is 22.9. The van der Waals surface area contributed by atoms with E-state index in [1.807, 2.05) is 12.1 Å². The Morgan fingerprint density at radius 3 is 2.03 bits per heavy atom. The minimum Gasteiger partial charge on any atom is -0.368 e. The number of benzene rings is 3. The van der Waals surface area contributed by atoms with Gasteiger partial charge in [-0.25, -0.2) is 8.78 Å². The number of fused-ring (bicyclic) bond motifs is 2. The van der Waals surface area contributed by atoms with Crippen LogP contribution in [0.15, 0.2) is 72.8 Å². The summed E-state index contributed by atoms with van der Waals surface area (Å²) in [6, 6.07) is 22.0. The summed E-state index contributed by atoms with van der Waals surface area (Å²) in [5.41, 5.74) is 3.03. The summed E-state index contributed by atoms with van der Waals surface area (Å²) in [5.74, 6) is 0.131. The molecule has 0 aliphatic carbocycles. The van der Waals surface area contributed by atoms with E-state index in [1.165, 1.54) is 36.2 Å². The quantitative estimate of drug-likeness (QED) is 0.387. The highest BCUT2D eigenvalue weighted by molar-refractivity contribution is 6.30. The monoisotopic (exact) mass is 467 g/mol. The SMILES string of the molecule is CN1C2CCC1[C@@H](COC(c1ccc(F)cc1)c1ccc(F)cc1)C(c1ccc(Cl)cc1)C2. The van der Waals surface area contributed by atoms with Crippen LogP contribution in [0, 0.1) is 17.6 Å². The Bertz CT molecular complexity index is 1030. The average molecular weight is 468 g/mol. The molecule has 2 heterocycles. The van der Waals surface area contributed by atoms with E-state index < -0.39 is 0 Å². The van der Waals surface area contributed by atoms with Crippen molar-refractivity contribution in [2.24, 2.45) is 5.92 Å². The molecule has 2 saturated heterocycles. The molecule has 2 nitrogen and oxygen atoms in total. The summed E-state index contributed by atoms with van der Waals surface area (Å²) in [5, 5.41) is 0.745. The van der Waals surface area contributed by atoms with Crippen LogP contribution in [0.4, 0.5) is 8.78 Å². The van der Waals surface area contributed by atoms with Gasteiger partial charge in [-0.15, -0.1) is 0 Å². The highest BCUT2D eigenvalue weighted by atomic mass is 35.5. The van der Waals surface area contributed by atoms with Crippen molar-refractivity contribution in [3.8, 4) is 0 Å². The van der Waals surface area contributed by atoms with Gasteiger partial charge in [-0.3, -0.25) is 0 Å². The molecule has 0 aromatic heterocycles. The fourth-order valence-electron chi connectivity index (χ4n) is 5.77. The molecule has 2 bridgehead atoms. The van der Waals surface area contributed by atoms with E-state index in [4.69, 9.17) is 16.3 Å². The van der Waals surface area contributed by atoms with E-state index >= 15 is 0 Å². The van der Waals surface area contributed by atoms with E-state index in [0.29, 0.717) is 30.5 Å². The molecule has 33 heavy (non-hydrogen) atoms. The molecule has 3 aromatic rings. The van der Waals surface area contributed by atoms with Gasteiger partial charge in [0.25, 0.3) is 0 Å². The Hall–Kier alpha value is -2.27. The van der Waals surface area contributed by atoms with E-state index in [1.54, 1.807) is 24.3 Å². The molecule has 5 heteroatoms. The lowest BCUT2D eigenvalue weighted by atomic mass is 9.76. The second-order valence-electron chi connectivity index (χ2n) is 9.34. The van der Waals surface area contributed by atoms with Crippen molar-refractivity contribution in [3.63, 3.8) is 0 Å². The van der Waals surface area contributed by atoms with Crippen LogP contribution in [-0.4, -0.2) is 30.6 Å². The summed E-state index contributed by atoms with van der Waals surface area (Å²) in [6.45, 7) is 0.564. The first kappa shape index (κ1) is 22.5. The minimum absolute atomic E-state index is 0.287. The molecule has 0 saturated carbocycles. The zero-order valence-corrected chi connectivity index (χ0v) is 19.4. The van der Waals surface area contributed by atoms with Crippen molar-refractivity contribution < 1.29 is 13.5 Å². The van der Waals surface area contributed by atoms with Gasteiger partial charge in [0, 0.05) is 23.0 Å². The van der Waals surface area contributed by atoms with E-state index in [9.17, 15) is 8.78 Å². The number of halogens is 3. The van der Waals surface area contributed by atoms with E-state index in [0.717, 1.165) is 29.0 Å². The van der Waals surface area contributed by atoms with Crippen molar-refractivity contribution in [2.75, 3.05) is 13.7 Å². The van der Waals surface area contributed by atoms with E-state index in [-0.39, 0.29) is 17.7 Å². The van der Waals surface area contributed by atoms with Crippen molar-refractivity contribution in [3.05, 3.63) is 106 Å². The van der Waals surface area contributed by atoms with Crippen molar-refractivity contribution in [1.29, 1.82) is 0 Å². The summed E-state index contributed by atoms with van der Waals surface area (Å²) in [6.07, 6.45) is 3.08. The standard InChI is InChI=1S/C28H28ClF2NO/c1-32-24-14-15-27(32)26(25(16-24)18-2-8-21(29)9-3-18)17-33-28(19-4-10-22(30)11-5-19)20-6-12-23(31)13-7-20/h2-13,24-28H,14-17H2,1H3/t24?,25?,26-,27?/m0/s1. The smallest absolute Gasteiger partial charge is 0.123 e. The molecule has 0 spiro atoms. The number of ether oxygens (including phenoxy) is 1. The van der Waals surface area contributed by atoms with Gasteiger partial charge in [0.15, 0.2) is 0 Å². The molecule has 3 unspecified atom stereocenters. The molecule has 172 valence electrons. The van der Waals surface area contributed by atoms with Crippen LogP contribution in [0.2, 0.25) is 5.02 Å². The Labute approximate surface area is 199 Å². The molecule has 2 aliphatic heterocycles. The van der Waals surface area contributed by atoms with Gasteiger partial charge in [0.05, 0.1) is 6.61 Å². The van der Waals surface area contributed by atoms with Crippen molar-refractivity contribution in [1.82, 2.24) is 4.90 Å². The Morgan fingerprint density at radius 2 is 1.45 bits per heavy atom. The predicted octanol–water partition coefficient (Wildman–Crippen LogP) is 6.99. The summed E-state index contributed by atoms with van der Waals surface area (Å²) in [4.78, 5) is 2.52. The van der Waals surface area contributed by atoms with Gasteiger partial charge >= 0.3 is 0 Å². The van der Waals surface area contributed by atoms with Gasteiger partial charge < -0.3 is 9.64 Å². The summed E-state index contributed by atoms with van der Waals surface area (Å²) in [7, 11) is 2.23. The first-order valence-electron chi connectivity index (χ1n) is 11.6. The molecular weight excluding hydrogens is 440 g/mol. The number of piperidine rings is 1. The van der Waals surface area contributed by atoms with Crippen LogP contribution in [-0.2, 0) is 4.74 Å². The van der Waals surface area contributed by atoms with Gasteiger partial charge in [-0.2, -0.15) is 0 Å². The highest BCUT2D eigenvalue weighted by Crippen LogP contribution is 2.47. The number of hydrogen-bond acceptors (Lipinski definition) is 2. The Kier molecular flexibility index (Phi) is 6.51. The molecule has 4 atom stereocenters.